The van der Waals surface area contributed by atoms with Gasteiger partial charge < -0.3 is 5.73 Å². The molecular weight excluding hydrogens is 268 g/mol. The number of aromatic nitrogens is 3. The van der Waals surface area contributed by atoms with E-state index in [2.05, 4.69) is 26.2 Å². The van der Waals surface area contributed by atoms with Gasteiger partial charge in [-0.2, -0.15) is 0 Å². The molecule has 2 rings (SSSR count). The van der Waals surface area contributed by atoms with E-state index in [9.17, 15) is 0 Å². The summed E-state index contributed by atoms with van der Waals surface area (Å²) in [6.45, 7) is 0. The van der Waals surface area contributed by atoms with Crippen molar-refractivity contribution in [1.29, 1.82) is 0 Å². The Balaban J connectivity index is 2.14. The maximum Gasteiger partial charge on any atom is 0.153 e. The van der Waals surface area contributed by atoms with Crippen LogP contribution in [0.4, 0.5) is 0 Å². The highest BCUT2D eigenvalue weighted by Crippen LogP contribution is 2.33. The first-order chi connectivity index (χ1) is 7.70. The van der Waals surface area contributed by atoms with Crippen LogP contribution in [0.15, 0.2) is 4.60 Å². The molecule has 0 spiro atoms. The fourth-order valence-electron chi connectivity index (χ4n) is 2.59. The van der Waals surface area contributed by atoms with Gasteiger partial charge in [0.15, 0.2) is 4.60 Å². The highest BCUT2D eigenvalue weighted by atomic mass is 79.9. The lowest BCUT2D eigenvalue weighted by Crippen LogP contribution is -2.24. The van der Waals surface area contributed by atoms with E-state index >= 15 is 0 Å². The van der Waals surface area contributed by atoms with Crippen molar-refractivity contribution in [2.75, 3.05) is 0 Å². The van der Waals surface area contributed by atoms with Gasteiger partial charge in [0.25, 0.3) is 0 Å². The maximum absolute atomic E-state index is 6.35. The molecule has 0 amide bonds. The maximum atomic E-state index is 6.35. The van der Waals surface area contributed by atoms with Crippen LogP contribution in [0.2, 0.25) is 0 Å². The van der Waals surface area contributed by atoms with E-state index < -0.39 is 0 Å². The standard InChI is InChI=1S/C11H19BrN4/c1-16-10(11(12)14-15-16)9(13)8-6-4-2-3-5-7-8/h8-9H,2-7,13H2,1H3. The minimum Gasteiger partial charge on any atom is -0.322 e. The molecule has 1 aliphatic rings. The lowest BCUT2D eigenvalue weighted by molar-refractivity contribution is 0.367. The molecular formula is C11H19BrN4. The predicted molar refractivity (Wildman–Crippen MR) is 66.8 cm³/mol. The molecule has 5 heteroatoms. The van der Waals surface area contributed by atoms with Crippen molar-refractivity contribution in [3.05, 3.63) is 10.3 Å². The third-order valence-electron chi connectivity index (χ3n) is 3.55. The van der Waals surface area contributed by atoms with Crippen molar-refractivity contribution in [1.82, 2.24) is 15.0 Å². The van der Waals surface area contributed by atoms with Gasteiger partial charge >= 0.3 is 0 Å². The van der Waals surface area contributed by atoms with E-state index in [-0.39, 0.29) is 6.04 Å². The van der Waals surface area contributed by atoms with Crippen molar-refractivity contribution in [3.63, 3.8) is 0 Å². The summed E-state index contributed by atoms with van der Waals surface area (Å²) in [6.07, 6.45) is 7.79. The molecule has 16 heavy (non-hydrogen) atoms. The van der Waals surface area contributed by atoms with E-state index in [4.69, 9.17) is 5.73 Å². The second-order valence-electron chi connectivity index (χ2n) is 4.67. The van der Waals surface area contributed by atoms with E-state index in [1.165, 1.54) is 38.5 Å². The van der Waals surface area contributed by atoms with Gasteiger partial charge in [-0.25, -0.2) is 4.68 Å². The third kappa shape index (κ3) is 2.46. The summed E-state index contributed by atoms with van der Waals surface area (Å²) < 4.78 is 2.59. The molecule has 90 valence electrons. The summed E-state index contributed by atoms with van der Waals surface area (Å²) in [6, 6.07) is 0.0625. The van der Waals surface area contributed by atoms with Crippen LogP contribution < -0.4 is 5.73 Å². The average molecular weight is 287 g/mol. The Hall–Kier alpha value is -0.420. The Morgan fingerprint density at radius 3 is 2.44 bits per heavy atom. The lowest BCUT2D eigenvalue weighted by atomic mass is 9.91. The fraction of sp³-hybridized carbons (Fsp3) is 0.818. The highest BCUT2D eigenvalue weighted by Gasteiger charge is 2.25. The third-order valence-corrected chi connectivity index (χ3v) is 4.11. The van der Waals surface area contributed by atoms with E-state index in [1.807, 2.05) is 7.05 Å². The number of nitrogens with zero attached hydrogens (tertiary/aromatic N) is 3. The number of hydrogen-bond acceptors (Lipinski definition) is 3. The molecule has 2 N–H and O–H groups in total. The van der Waals surface area contributed by atoms with E-state index in [1.54, 1.807) is 4.68 Å². The zero-order chi connectivity index (χ0) is 11.5. The Bertz CT molecular complexity index is 322. The Morgan fingerprint density at radius 1 is 1.31 bits per heavy atom. The van der Waals surface area contributed by atoms with Crippen LogP contribution in [0, 0.1) is 5.92 Å². The minimum atomic E-state index is 0.0625. The second-order valence-corrected chi connectivity index (χ2v) is 5.42. The first-order valence-electron chi connectivity index (χ1n) is 6.01. The average Bonchev–Trinajstić information content (AvgIpc) is 2.51. The summed E-state index contributed by atoms with van der Waals surface area (Å²) in [5, 5.41) is 8.00. The van der Waals surface area contributed by atoms with Crippen LogP contribution >= 0.6 is 15.9 Å². The number of rotatable bonds is 2. The van der Waals surface area contributed by atoms with Gasteiger partial charge in [-0.05, 0) is 34.7 Å². The van der Waals surface area contributed by atoms with Crippen LogP contribution in [0.3, 0.4) is 0 Å². The normalized spacial score (nSPS) is 20.7. The quantitative estimate of drug-likeness (QED) is 0.850. The molecule has 1 fully saturated rings. The summed E-state index contributed by atoms with van der Waals surface area (Å²) in [7, 11) is 1.91. The topological polar surface area (TPSA) is 56.7 Å². The molecule has 0 aliphatic heterocycles. The first kappa shape index (κ1) is 12.0. The number of hydrogen-bond donors (Lipinski definition) is 1. The minimum absolute atomic E-state index is 0.0625. The van der Waals surface area contributed by atoms with E-state index in [0.717, 1.165) is 10.3 Å². The summed E-state index contributed by atoms with van der Waals surface area (Å²) in [5.41, 5.74) is 7.39. The summed E-state index contributed by atoms with van der Waals surface area (Å²) >= 11 is 3.43. The van der Waals surface area contributed by atoms with Crippen LogP contribution in [-0.4, -0.2) is 15.0 Å². The van der Waals surface area contributed by atoms with Gasteiger partial charge in [-0.3, -0.25) is 0 Å². The van der Waals surface area contributed by atoms with Gasteiger partial charge in [0.1, 0.15) is 0 Å². The predicted octanol–water partition coefficient (Wildman–Crippen LogP) is 2.55. The Kier molecular flexibility index (Phi) is 3.97. The van der Waals surface area contributed by atoms with Crippen molar-refractivity contribution in [2.45, 2.75) is 44.6 Å². The highest BCUT2D eigenvalue weighted by molar-refractivity contribution is 9.10. The number of aryl methyl sites for hydroxylation is 1. The molecule has 0 radical (unpaired) electrons. The van der Waals surface area contributed by atoms with Crippen LogP contribution in [0.5, 0.6) is 0 Å². The molecule has 1 unspecified atom stereocenters. The van der Waals surface area contributed by atoms with E-state index in [0.29, 0.717) is 5.92 Å². The summed E-state index contributed by atoms with van der Waals surface area (Å²) in [4.78, 5) is 0. The Labute approximate surface area is 105 Å². The van der Waals surface area contributed by atoms with Gasteiger partial charge in [-0.1, -0.05) is 30.9 Å². The molecule has 1 aromatic rings. The van der Waals surface area contributed by atoms with Crippen molar-refractivity contribution >= 4 is 15.9 Å². The van der Waals surface area contributed by atoms with Gasteiger partial charge in [0.05, 0.1) is 11.7 Å². The number of nitrogens with two attached hydrogens (primary N) is 1. The van der Waals surface area contributed by atoms with Crippen molar-refractivity contribution in [2.24, 2.45) is 18.7 Å². The zero-order valence-corrected chi connectivity index (χ0v) is 11.3. The zero-order valence-electron chi connectivity index (χ0n) is 9.69. The first-order valence-corrected chi connectivity index (χ1v) is 6.80. The largest absolute Gasteiger partial charge is 0.322 e. The van der Waals surface area contributed by atoms with Crippen molar-refractivity contribution < 1.29 is 0 Å². The molecule has 0 bridgehead atoms. The molecule has 1 aliphatic carbocycles. The summed E-state index contributed by atoms with van der Waals surface area (Å²) in [5.74, 6) is 0.580. The van der Waals surface area contributed by atoms with Crippen LogP contribution in [0.1, 0.15) is 50.3 Å². The van der Waals surface area contributed by atoms with Gasteiger partial charge in [0.2, 0.25) is 0 Å². The fourth-order valence-corrected chi connectivity index (χ4v) is 3.18. The SMILES string of the molecule is Cn1nnc(Br)c1C(N)C1CCCCCC1. The molecule has 1 aromatic heterocycles. The molecule has 0 saturated heterocycles. The van der Waals surface area contributed by atoms with Crippen LogP contribution in [0.25, 0.3) is 0 Å². The van der Waals surface area contributed by atoms with Gasteiger partial charge in [-0.15, -0.1) is 5.10 Å². The van der Waals surface area contributed by atoms with Gasteiger partial charge in [0, 0.05) is 7.05 Å². The molecule has 4 nitrogen and oxygen atoms in total. The smallest absolute Gasteiger partial charge is 0.153 e. The number of halogens is 1. The molecule has 1 heterocycles. The van der Waals surface area contributed by atoms with Crippen LogP contribution in [-0.2, 0) is 7.05 Å². The molecule has 1 saturated carbocycles. The lowest BCUT2D eigenvalue weighted by Gasteiger charge is -2.22. The van der Waals surface area contributed by atoms with Crippen molar-refractivity contribution in [3.8, 4) is 0 Å². The molecule has 0 aromatic carbocycles. The Morgan fingerprint density at radius 2 is 1.94 bits per heavy atom. The monoisotopic (exact) mass is 286 g/mol. The second kappa shape index (κ2) is 5.27. The molecule has 1 atom stereocenters.